The van der Waals surface area contributed by atoms with Gasteiger partial charge in [0.05, 0.1) is 6.04 Å². The summed E-state index contributed by atoms with van der Waals surface area (Å²) >= 11 is 0. The van der Waals surface area contributed by atoms with Gasteiger partial charge in [0.15, 0.2) is 0 Å². The first-order chi connectivity index (χ1) is 10.2. The molecule has 1 aromatic heterocycles. The molecule has 2 nitrogen and oxygen atoms in total. The van der Waals surface area contributed by atoms with Crippen molar-refractivity contribution in [2.24, 2.45) is 0 Å². The number of fused-ring (bicyclic) bond motifs is 3. The van der Waals surface area contributed by atoms with Gasteiger partial charge in [-0.2, -0.15) is 0 Å². The van der Waals surface area contributed by atoms with Crippen molar-refractivity contribution >= 4 is 23.3 Å². The van der Waals surface area contributed by atoms with Crippen LogP contribution in [0, 0.1) is 12.7 Å². The van der Waals surface area contributed by atoms with Gasteiger partial charge in [0.25, 0.3) is 0 Å². The van der Waals surface area contributed by atoms with Crippen LogP contribution in [0.15, 0.2) is 42.5 Å². The molecule has 4 heteroatoms. The van der Waals surface area contributed by atoms with Crippen LogP contribution in [0.3, 0.4) is 0 Å². The molecule has 4 rings (SSSR count). The van der Waals surface area contributed by atoms with Crippen LogP contribution in [0.4, 0.5) is 4.39 Å². The Morgan fingerprint density at radius 3 is 2.64 bits per heavy atom. The minimum atomic E-state index is -0.193. The molecule has 0 spiro atoms. The van der Waals surface area contributed by atoms with Crippen LogP contribution in [-0.2, 0) is 6.42 Å². The molecular weight excluding hydrogens is 299 g/mol. The summed E-state index contributed by atoms with van der Waals surface area (Å²) < 4.78 is 13.1. The van der Waals surface area contributed by atoms with Crippen LogP contribution in [0.1, 0.15) is 28.4 Å². The third kappa shape index (κ3) is 2.40. The van der Waals surface area contributed by atoms with E-state index in [9.17, 15) is 4.39 Å². The smallest absolute Gasteiger partial charge is 0.123 e. The topological polar surface area (TPSA) is 27.8 Å². The maximum Gasteiger partial charge on any atom is 0.123 e. The van der Waals surface area contributed by atoms with Gasteiger partial charge in [0.2, 0.25) is 0 Å². The Hall–Kier alpha value is -1.84. The molecule has 1 atom stereocenters. The van der Waals surface area contributed by atoms with Gasteiger partial charge in [0.1, 0.15) is 5.82 Å². The highest BCUT2D eigenvalue weighted by Gasteiger charge is 2.25. The molecule has 0 bridgehead atoms. The molecule has 0 aliphatic carbocycles. The minimum Gasteiger partial charge on any atom is -0.357 e. The molecule has 1 aliphatic rings. The SMILES string of the molecule is Cc1ccc2[nH]c3c(c2c1)CCNC3c1ccc(F)cc1.Cl. The van der Waals surface area contributed by atoms with E-state index in [1.165, 1.54) is 39.9 Å². The van der Waals surface area contributed by atoms with E-state index in [1.54, 1.807) is 0 Å². The van der Waals surface area contributed by atoms with Crippen LogP contribution < -0.4 is 5.32 Å². The number of halogens is 2. The third-order valence-corrected chi connectivity index (χ3v) is 4.31. The van der Waals surface area contributed by atoms with Gasteiger partial charge < -0.3 is 10.3 Å². The predicted octanol–water partition coefficient (Wildman–Crippen LogP) is 4.27. The first-order valence-corrected chi connectivity index (χ1v) is 7.32. The molecule has 3 aromatic rings. The van der Waals surface area contributed by atoms with Crippen LogP contribution >= 0.6 is 12.4 Å². The van der Waals surface area contributed by atoms with Crippen LogP contribution in [0.5, 0.6) is 0 Å². The molecule has 2 aromatic carbocycles. The van der Waals surface area contributed by atoms with E-state index in [2.05, 4.69) is 35.4 Å². The summed E-state index contributed by atoms with van der Waals surface area (Å²) in [5.41, 5.74) is 6.17. The second kappa shape index (κ2) is 5.75. The summed E-state index contributed by atoms with van der Waals surface area (Å²) in [6, 6.07) is 13.4. The summed E-state index contributed by atoms with van der Waals surface area (Å²) in [4.78, 5) is 3.55. The van der Waals surface area contributed by atoms with Crippen LogP contribution in [-0.4, -0.2) is 11.5 Å². The molecule has 0 saturated heterocycles. The average Bonchev–Trinajstić information content (AvgIpc) is 2.86. The van der Waals surface area contributed by atoms with E-state index < -0.39 is 0 Å². The van der Waals surface area contributed by atoms with Crippen molar-refractivity contribution in [1.29, 1.82) is 0 Å². The number of aromatic amines is 1. The lowest BCUT2D eigenvalue weighted by atomic mass is 9.94. The van der Waals surface area contributed by atoms with Gasteiger partial charge in [-0.1, -0.05) is 23.8 Å². The van der Waals surface area contributed by atoms with E-state index in [4.69, 9.17) is 0 Å². The number of H-pyrrole nitrogens is 1. The zero-order valence-electron chi connectivity index (χ0n) is 12.3. The zero-order chi connectivity index (χ0) is 14.4. The molecule has 0 radical (unpaired) electrons. The van der Waals surface area contributed by atoms with Crippen molar-refractivity contribution in [3.63, 3.8) is 0 Å². The quantitative estimate of drug-likeness (QED) is 0.689. The Kier molecular flexibility index (Phi) is 3.94. The number of nitrogens with one attached hydrogen (secondary N) is 2. The first-order valence-electron chi connectivity index (χ1n) is 7.32. The van der Waals surface area contributed by atoms with E-state index in [0.717, 1.165) is 18.5 Å². The van der Waals surface area contributed by atoms with Crippen LogP contribution in [0.2, 0.25) is 0 Å². The fourth-order valence-electron chi connectivity index (χ4n) is 3.28. The summed E-state index contributed by atoms with van der Waals surface area (Å²) in [5.74, 6) is -0.193. The van der Waals surface area contributed by atoms with Gasteiger partial charge in [-0.15, -0.1) is 12.4 Å². The maximum absolute atomic E-state index is 13.1. The molecule has 2 N–H and O–H groups in total. The second-order valence-electron chi connectivity index (χ2n) is 5.75. The molecular formula is C18H18ClFN2. The Morgan fingerprint density at radius 1 is 1.09 bits per heavy atom. The fourth-order valence-corrected chi connectivity index (χ4v) is 3.28. The number of aromatic nitrogens is 1. The van der Waals surface area contributed by atoms with Gasteiger partial charge >= 0.3 is 0 Å². The second-order valence-corrected chi connectivity index (χ2v) is 5.75. The summed E-state index contributed by atoms with van der Waals surface area (Å²) in [6.45, 7) is 3.06. The molecule has 0 saturated carbocycles. The molecule has 0 fully saturated rings. The van der Waals surface area contributed by atoms with E-state index in [-0.39, 0.29) is 24.3 Å². The van der Waals surface area contributed by atoms with Crippen molar-refractivity contribution in [3.05, 3.63) is 70.7 Å². The highest BCUT2D eigenvalue weighted by atomic mass is 35.5. The van der Waals surface area contributed by atoms with E-state index in [0.29, 0.717) is 0 Å². The lowest BCUT2D eigenvalue weighted by Crippen LogP contribution is -2.30. The van der Waals surface area contributed by atoms with Crippen molar-refractivity contribution in [3.8, 4) is 0 Å². The molecule has 0 amide bonds. The number of benzene rings is 2. The molecule has 1 aliphatic heterocycles. The van der Waals surface area contributed by atoms with Gasteiger partial charge in [-0.25, -0.2) is 4.39 Å². The minimum absolute atomic E-state index is 0. The van der Waals surface area contributed by atoms with E-state index in [1.807, 2.05) is 12.1 Å². The Morgan fingerprint density at radius 2 is 1.86 bits per heavy atom. The average molecular weight is 317 g/mol. The molecule has 2 heterocycles. The number of hydrogen-bond donors (Lipinski definition) is 2. The van der Waals surface area contributed by atoms with Crippen molar-refractivity contribution in [2.75, 3.05) is 6.54 Å². The molecule has 1 unspecified atom stereocenters. The number of hydrogen-bond acceptors (Lipinski definition) is 1. The van der Waals surface area contributed by atoms with Crippen molar-refractivity contribution in [1.82, 2.24) is 10.3 Å². The summed E-state index contributed by atoms with van der Waals surface area (Å²) in [7, 11) is 0. The van der Waals surface area contributed by atoms with Gasteiger partial charge in [-0.05, 0) is 48.7 Å². The number of aryl methyl sites for hydroxylation is 1. The van der Waals surface area contributed by atoms with Gasteiger partial charge in [-0.3, -0.25) is 0 Å². The monoisotopic (exact) mass is 316 g/mol. The van der Waals surface area contributed by atoms with Crippen molar-refractivity contribution < 1.29 is 4.39 Å². The lowest BCUT2D eigenvalue weighted by molar-refractivity contribution is 0.558. The normalized spacial score (nSPS) is 17.1. The Labute approximate surface area is 135 Å². The number of rotatable bonds is 1. The highest BCUT2D eigenvalue weighted by molar-refractivity contribution is 5.86. The summed E-state index contributed by atoms with van der Waals surface area (Å²) in [6.07, 6.45) is 1.02. The highest BCUT2D eigenvalue weighted by Crippen LogP contribution is 2.33. The Balaban J connectivity index is 0.00000144. The van der Waals surface area contributed by atoms with Crippen LogP contribution in [0.25, 0.3) is 10.9 Å². The zero-order valence-corrected chi connectivity index (χ0v) is 13.1. The van der Waals surface area contributed by atoms with E-state index >= 15 is 0 Å². The molecule has 114 valence electrons. The fraction of sp³-hybridized carbons (Fsp3) is 0.222. The first kappa shape index (κ1) is 15.1. The lowest BCUT2D eigenvalue weighted by Gasteiger charge is -2.24. The third-order valence-electron chi connectivity index (χ3n) is 4.31. The summed E-state index contributed by atoms with van der Waals surface area (Å²) in [5, 5.41) is 4.85. The van der Waals surface area contributed by atoms with Gasteiger partial charge in [0, 0.05) is 23.1 Å². The molecule has 22 heavy (non-hydrogen) atoms. The largest absolute Gasteiger partial charge is 0.357 e. The standard InChI is InChI=1S/C18H17FN2.ClH/c1-11-2-7-16-15(10-11)14-8-9-20-17(18(14)21-16)12-3-5-13(19)6-4-12;/h2-7,10,17,20-21H,8-9H2,1H3;1H. The predicted molar refractivity (Wildman–Crippen MR) is 90.2 cm³/mol. The van der Waals surface area contributed by atoms with Crippen molar-refractivity contribution in [2.45, 2.75) is 19.4 Å². The maximum atomic E-state index is 13.1. The Bertz CT molecular complexity index is 808.